The standard InChI is InChI=1S/C19H24N2O4S/c1-13-7-5-6-8-18(13)25-12-15(3)20-19(22)16-9-10-17(14(2)11-16)21-26(4,23)24/h5-11,15,21H,12H2,1-4H3,(H,20,22). The van der Waals surface area contributed by atoms with Crippen LogP contribution in [0.3, 0.4) is 0 Å². The highest BCUT2D eigenvalue weighted by Crippen LogP contribution is 2.18. The average Bonchev–Trinajstić information content (AvgIpc) is 2.54. The average molecular weight is 376 g/mol. The molecule has 140 valence electrons. The summed E-state index contributed by atoms with van der Waals surface area (Å²) in [7, 11) is -3.36. The minimum atomic E-state index is -3.36. The number of hydrogen-bond acceptors (Lipinski definition) is 4. The van der Waals surface area contributed by atoms with Crippen molar-refractivity contribution in [2.45, 2.75) is 26.8 Å². The highest BCUT2D eigenvalue weighted by atomic mass is 32.2. The van der Waals surface area contributed by atoms with E-state index >= 15 is 0 Å². The van der Waals surface area contributed by atoms with Gasteiger partial charge in [-0.25, -0.2) is 8.42 Å². The Kier molecular flexibility index (Phi) is 6.26. The molecule has 1 atom stereocenters. The third-order valence-electron chi connectivity index (χ3n) is 3.74. The van der Waals surface area contributed by atoms with Crippen molar-refractivity contribution in [2.24, 2.45) is 0 Å². The van der Waals surface area contributed by atoms with E-state index in [1.807, 2.05) is 38.1 Å². The number of ether oxygens (including phenoxy) is 1. The van der Waals surface area contributed by atoms with Crippen LogP contribution in [0.4, 0.5) is 5.69 Å². The third-order valence-corrected chi connectivity index (χ3v) is 4.33. The highest BCUT2D eigenvalue weighted by molar-refractivity contribution is 7.92. The highest BCUT2D eigenvalue weighted by Gasteiger charge is 2.13. The molecule has 0 aromatic heterocycles. The first-order chi connectivity index (χ1) is 12.2. The molecule has 0 bridgehead atoms. The second-order valence-electron chi connectivity index (χ2n) is 6.35. The number of nitrogens with one attached hydrogen (secondary N) is 2. The minimum absolute atomic E-state index is 0.184. The number of rotatable bonds is 7. The molecule has 0 radical (unpaired) electrons. The molecule has 0 aliphatic heterocycles. The van der Waals surface area contributed by atoms with Gasteiger partial charge in [0.05, 0.1) is 18.0 Å². The molecule has 26 heavy (non-hydrogen) atoms. The molecular weight excluding hydrogens is 352 g/mol. The molecule has 1 amide bonds. The number of carbonyl (C=O) groups excluding carboxylic acids is 1. The lowest BCUT2D eigenvalue weighted by atomic mass is 10.1. The second kappa shape index (κ2) is 8.23. The molecule has 0 heterocycles. The maximum absolute atomic E-state index is 12.4. The van der Waals surface area contributed by atoms with Crippen molar-refractivity contribution in [1.82, 2.24) is 5.32 Å². The zero-order valence-corrected chi connectivity index (χ0v) is 16.2. The third kappa shape index (κ3) is 5.77. The van der Waals surface area contributed by atoms with Gasteiger partial charge in [0.2, 0.25) is 10.0 Å². The lowest BCUT2D eigenvalue weighted by Crippen LogP contribution is -2.36. The first-order valence-electron chi connectivity index (χ1n) is 8.23. The normalized spacial score (nSPS) is 12.3. The van der Waals surface area contributed by atoms with Crippen LogP contribution in [0, 0.1) is 13.8 Å². The van der Waals surface area contributed by atoms with Gasteiger partial charge in [-0.3, -0.25) is 9.52 Å². The van der Waals surface area contributed by atoms with Crippen molar-refractivity contribution in [2.75, 3.05) is 17.6 Å². The predicted octanol–water partition coefficient (Wildman–Crippen LogP) is 2.87. The van der Waals surface area contributed by atoms with Crippen LogP contribution in [0.2, 0.25) is 0 Å². The molecule has 6 nitrogen and oxygen atoms in total. The zero-order chi connectivity index (χ0) is 19.3. The largest absolute Gasteiger partial charge is 0.491 e. The fraction of sp³-hybridized carbons (Fsp3) is 0.316. The summed E-state index contributed by atoms with van der Waals surface area (Å²) >= 11 is 0. The number of anilines is 1. The Morgan fingerprint density at radius 1 is 1.12 bits per heavy atom. The summed E-state index contributed by atoms with van der Waals surface area (Å²) in [6.07, 6.45) is 1.09. The number of sulfonamides is 1. The fourth-order valence-electron chi connectivity index (χ4n) is 2.40. The van der Waals surface area contributed by atoms with Crippen molar-refractivity contribution in [1.29, 1.82) is 0 Å². The van der Waals surface area contributed by atoms with Gasteiger partial charge < -0.3 is 10.1 Å². The maximum atomic E-state index is 12.4. The molecule has 0 aliphatic rings. The lowest BCUT2D eigenvalue weighted by molar-refractivity contribution is 0.0926. The van der Waals surface area contributed by atoms with E-state index < -0.39 is 10.0 Å². The van der Waals surface area contributed by atoms with E-state index in [4.69, 9.17) is 4.74 Å². The smallest absolute Gasteiger partial charge is 0.251 e. The molecule has 2 aromatic rings. The van der Waals surface area contributed by atoms with Crippen molar-refractivity contribution in [3.63, 3.8) is 0 Å². The quantitative estimate of drug-likeness (QED) is 0.778. The molecule has 7 heteroatoms. The molecule has 0 aliphatic carbocycles. The molecular formula is C19H24N2O4S. The lowest BCUT2D eigenvalue weighted by Gasteiger charge is -2.16. The molecule has 2 aromatic carbocycles. The fourth-order valence-corrected chi connectivity index (χ4v) is 3.03. The molecule has 2 rings (SSSR count). The van der Waals surface area contributed by atoms with Gasteiger partial charge in [0, 0.05) is 5.56 Å². The summed E-state index contributed by atoms with van der Waals surface area (Å²) in [6, 6.07) is 12.3. The van der Waals surface area contributed by atoms with Gasteiger partial charge in [0.1, 0.15) is 12.4 Å². The van der Waals surface area contributed by atoms with Gasteiger partial charge in [-0.15, -0.1) is 0 Å². The van der Waals surface area contributed by atoms with Crippen LogP contribution in [0.15, 0.2) is 42.5 Å². The number of para-hydroxylation sites is 1. The predicted molar refractivity (Wildman–Crippen MR) is 103 cm³/mol. The second-order valence-corrected chi connectivity index (χ2v) is 8.10. The van der Waals surface area contributed by atoms with Crippen LogP contribution >= 0.6 is 0 Å². The van der Waals surface area contributed by atoms with E-state index in [-0.39, 0.29) is 11.9 Å². The summed E-state index contributed by atoms with van der Waals surface area (Å²) in [5.41, 5.74) is 2.63. The van der Waals surface area contributed by atoms with Crippen molar-refractivity contribution in [3.05, 3.63) is 59.2 Å². The Morgan fingerprint density at radius 3 is 2.42 bits per heavy atom. The maximum Gasteiger partial charge on any atom is 0.251 e. The topological polar surface area (TPSA) is 84.5 Å². The van der Waals surface area contributed by atoms with E-state index in [2.05, 4.69) is 10.0 Å². The number of hydrogen-bond donors (Lipinski definition) is 2. The van der Waals surface area contributed by atoms with Crippen molar-refractivity contribution in [3.8, 4) is 5.75 Å². The Labute approximate surface area is 154 Å². The Morgan fingerprint density at radius 2 is 1.81 bits per heavy atom. The molecule has 2 N–H and O–H groups in total. The summed E-state index contributed by atoms with van der Waals surface area (Å²) in [4.78, 5) is 12.4. The van der Waals surface area contributed by atoms with Crippen LogP contribution in [-0.4, -0.2) is 33.2 Å². The summed E-state index contributed by atoms with van der Waals surface area (Å²) in [5, 5.41) is 2.88. The van der Waals surface area contributed by atoms with Crippen LogP contribution in [-0.2, 0) is 10.0 Å². The number of amides is 1. The molecule has 1 unspecified atom stereocenters. The van der Waals surface area contributed by atoms with E-state index in [1.54, 1.807) is 25.1 Å². The first-order valence-corrected chi connectivity index (χ1v) is 10.1. The van der Waals surface area contributed by atoms with Crippen molar-refractivity contribution >= 4 is 21.6 Å². The summed E-state index contributed by atoms with van der Waals surface area (Å²) in [5.74, 6) is 0.556. The van der Waals surface area contributed by atoms with Crippen LogP contribution in [0.5, 0.6) is 5.75 Å². The van der Waals surface area contributed by atoms with Gasteiger partial charge in [0.25, 0.3) is 5.91 Å². The van der Waals surface area contributed by atoms with E-state index in [9.17, 15) is 13.2 Å². The number of aryl methyl sites for hydroxylation is 2. The van der Waals surface area contributed by atoms with E-state index in [0.717, 1.165) is 17.6 Å². The monoisotopic (exact) mass is 376 g/mol. The Hall–Kier alpha value is -2.54. The first kappa shape index (κ1) is 19.8. The molecule has 0 spiro atoms. The van der Waals surface area contributed by atoms with E-state index in [1.165, 1.54) is 0 Å². The minimum Gasteiger partial charge on any atom is -0.491 e. The van der Waals surface area contributed by atoms with Gasteiger partial charge in [-0.05, 0) is 56.2 Å². The van der Waals surface area contributed by atoms with Gasteiger partial charge in [-0.1, -0.05) is 18.2 Å². The Bertz CT molecular complexity index is 894. The van der Waals surface area contributed by atoms with Crippen LogP contribution in [0.1, 0.15) is 28.4 Å². The van der Waals surface area contributed by atoms with Gasteiger partial charge >= 0.3 is 0 Å². The molecule has 0 saturated carbocycles. The summed E-state index contributed by atoms with van der Waals surface area (Å²) < 4.78 is 30.8. The summed E-state index contributed by atoms with van der Waals surface area (Å²) in [6.45, 7) is 5.92. The van der Waals surface area contributed by atoms with E-state index in [0.29, 0.717) is 23.4 Å². The zero-order valence-electron chi connectivity index (χ0n) is 15.4. The van der Waals surface area contributed by atoms with Crippen LogP contribution < -0.4 is 14.8 Å². The SMILES string of the molecule is Cc1cc(C(=O)NC(C)COc2ccccc2C)ccc1NS(C)(=O)=O. The molecule has 0 saturated heterocycles. The van der Waals surface area contributed by atoms with Gasteiger partial charge in [-0.2, -0.15) is 0 Å². The number of benzene rings is 2. The molecule has 0 fully saturated rings. The van der Waals surface area contributed by atoms with Crippen LogP contribution in [0.25, 0.3) is 0 Å². The number of carbonyl (C=O) groups is 1. The van der Waals surface area contributed by atoms with Gasteiger partial charge in [0.15, 0.2) is 0 Å². The van der Waals surface area contributed by atoms with Crippen molar-refractivity contribution < 1.29 is 17.9 Å². The Balaban J connectivity index is 1.96.